The Bertz CT molecular complexity index is 501. The molecule has 1 saturated heterocycles. The monoisotopic (exact) mass is 288 g/mol. The third kappa shape index (κ3) is 2.85. The van der Waals surface area contributed by atoms with Crippen molar-refractivity contribution in [3.05, 3.63) is 29.3 Å². The molecule has 100 valence electrons. The summed E-state index contributed by atoms with van der Waals surface area (Å²) in [4.78, 5) is 0.317. The van der Waals surface area contributed by atoms with Crippen molar-refractivity contribution in [1.82, 2.24) is 9.62 Å². The molecule has 18 heavy (non-hydrogen) atoms. The smallest absolute Gasteiger partial charge is 0.243 e. The fourth-order valence-corrected chi connectivity index (χ4v) is 3.88. The van der Waals surface area contributed by atoms with Crippen LogP contribution < -0.4 is 5.32 Å². The molecule has 0 radical (unpaired) electrons. The van der Waals surface area contributed by atoms with Gasteiger partial charge < -0.3 is 5.32 Å². The molecular formula is C12H17ClN2O2S. The van der Waals surface area contributed by atoms with Gasteiger partial charge in [0.1, 0.15) is 0 Å². The van der Waals surface area contributed by atoms with Crippen molar-refractivity contribution in [2.75, 3.05) is 26.7 Å². The SMILES string of the molecule is CNC[C@H]1CCN(S(=O)(=O)c2ccc(Cl)cc2)C1. The minimum absolute atomic E-state index is 0.317. The van der Waals surface area contributed by atoms with E-state index in [1.807, 2.05) is 7.05 Å². The van der Waals surface area contributed by atoms with Crippen LogP contribution in [0.2, 0.25) is 5.02 Å². The lowest BCUT2D eigenvalue weighted by molar-refractivity contribution is 0.451. The first kappa shape index (κ1) is 13.8. The van der Waals surface area contributed by atoms with Crippen LogP contribution in [0.15, 0.2) is 29.2 Å². The van der Waals surface area contributed by atoms with E-state index < -0.39 is 10.0 Å². The highest BCUT2D eigenvalue weighted by molar-refractivity contribution is 7.89. The molecule has 1 aliphatic rings. The van der Waals surface area contributed by atoms with E-state index in [-0.39, 0.29) is 0 Å². The summed E-state index contributed by atoms with van der Waals surface area (Å²) in [5.74, 6) is 0.400. The van der Waals surface area contributed by atoms with E-state index in [2.05, 4.69) is 5.32 Å². The van der Waals surface area contributed by atoms with Crippen molar-refractivity contribution in [3.63, 3.8) is 0 Å². The molecule has 0 saturated carbocycles. The molecule has 1 atom stereocenters. The van der Waals surface area contributed by atoms with Crippen molar-refractivity contribution in [1.29, 1.82) is 0 Å². The summed E-state index contributed by atoms with van der Waals surface area (Å²) in [6, 6.07) is 6.33. The number of nitrogens with one attached hydrogen (secondary N) is 1. The fourth-order valence-electron chi connectivity index (χ4n) is 2.23. The number of nitrogens with zero attached hydrogens (tertiary/aromatic N) is 1. The Labute approximate surface area is 113 Å². The molecule has 1 aromatic rings. The Morgan fingerprint density at radius 3 is 2.67 bits per heavy atom. The van der Waals surface area contributed by atoms with Crippen LogP contribution in [-0.2, 0) is 10.0 Å². The number of sulfonamides is 1. The number of halogens is 1. The predicted octanol–water partition coefficient (Wildman–Crippen LogP) is 1.57. The predicted molar refractivity (Wildman–Crippen MR) is 72.2 cm³/mol. The molecule has 4 nitrogen and oxygen atoms in total. The fraction of sp³-hybridized carbons (Fsp3) is 0.500. The van der Waals surface area contributed by atoms with Crippen molar-refractivity contribution in [3.8, 4) is 0 Å². The Hall–Kier alpha value is -0.620. The van der Waals surface area contributed by atoms with Gasteiger partial charge in [0.15, 0.2) is 0 Å². The lowest BCUT2D eigenvalue weighted by atomic mass is 10.1. The van der Waals surface area contributed by atoms with E-state index in [4.69, 9.17) is 11.6 Å². The van der Waals surface area contributed by atoms with Crippen LogP contribution in [0.4, 0.5) is 0 Å². The minimum Gasteiger partial charge on any atom is -0.319 e. The second-order valence-corrected chi connectivity index (χ2v) is 6.90. The van der Waals surface area contributed by atoms with Gasteiger partial charge in [0.2, 0.25) is 10.0 Å². The van der Waals surface area contributed by atoms with Gasteiger partial charge in [-0.05, 0) is 50.2 Å². The van der Waals surface area contributed by atoms with Crippen molar-refractivity contribution in [2.45, 2.75) is 11.3 Å². The lowest BCUT2D eigenvalue weighted by Crippen LogP contribution is -2.30. The maximum atomic E-state index is 12.4. The van der Waals surface area contributed by atoms with Gasteiger partial charge in [-0.2, -0.15) is 4.31 Å². The molecule has 1 N–H and O–H groups in total. The second kappa shape index (κ2) is 5.57. The van der Waals surface area contributed by atoms with E-state index in [9.17, 15) is 8.42 Å². The van der Waals surface area contributed by atoms with Gasteiger partial charge in [-0.25, -0.2) is 8.42 Å². The summed E-state index contributed by atoms with van der Waals surface area (Å²) >= 11 is 5.77. The lowest BCUT2D eigenvalue weighted by Gasteiger charge is -2.16. The van der Waals surface area contributed by atoms with Gasteiger partial charge in [0.25, 0.3) is 0 Å². The topological polar surface area (TPSA) is 49.4 Å². The van der Waals surface area contributed by atoms with E-state index in [0.717, 1.165) is 13.0 Å². The first-order valence-electron chi connectivity index (χ1n) is 5.94. The third-order valence-electron chi connectivity index (χ3n) is 3.19. The van der Waals surface area contributed by atoms with Crippen LogP contribution in [0.3, 0.4) is 0 Å². The van der Waals surface area contributed by atoms with Crippen LogP contribution in [-0.4, -0.2) is 39.4 Å². The Morgan fingerprint density at radius 1 is 1.39 bits per heavy atom. The second-order valence-electron chi connectivity index (χ2n) is 4.53. The van der Waals surface area contributed by atoms with Crippen molar-refractivity contribution in [2.24, 2.45) is 5.92 Å². The van der Waals surface area contributed by atoms with E-state index >= 15 is 0 Å². The van der Waals surface area contributed by atoms with Gasteiger partial charge >= 0.3 is 0 Å². The van der Waals surface area contributed by atoms with Gasteiger partial charge in [0, 0.05) is 18.1 Å². The summed E-state index contributed by atoms with van der Waals surface area (Å²) < 4.78 is 26.3. The van der Waals surface area contributed by atoms with Crippen LogP contribution in [0.5, 0.6) is 0 Å². The third-order valence-corrected chi connectivity index (χ3v) is 5.32. The molecule has 6 heteroatoms. The van der Waals surface area contributed by atoms with E-state index in [1.165, 1.54) is 0 Å². The highest BCUT2D eigenvalue weighted by atomic mass is 35.5. The Kier molecular flexibility index (Phi) is 4.27. The molecule has 1 heterocycles. The summed E-state index contributed by atoms with van der Waals surface area (Å²) in [5, 5.41) is 3.63. The molecule has 0 amide bonds. The number of rotatable bonds is 4. The maximum Gasteiger partial charge on any atom is 0.243 e. The normalized spacial score (nSPS) is 21.3. The van der Waals surface area contributed by atoms with E-state index in [1.54, 1.807) is 28.6 Å². The van der Waals surface area contributed by atoms with Crippen LogP contribution >= 0.6 is 11.6 Å². The Morgan fingerprint density at radius 2 is 2.06 bits per heavy atom. The molecule has 1 aliphatic heterocycles. The largest absolute Gasteiger partial charge is 0.319 e. The van der Waals surface area contributed by atoms with Crippen molar-refractivity contribution < 1.29 is 8.42 Å². The zero-order valence-electron chi connectivity index (χ0n) is 10.3. The summed E-state index contributed by atoms with van der Waals surface area (Å²) in [7, 11) is -1.47. The van der Waals surface area contributed by atoms with Gasteiger partial charge in [-0.15, -0.1) is 0 Å². The molecule has 0 unspecified atom stereocenters. The number of hydrogen-bond donors (Lipinski definition) is 1. The van der Waals surface area contributed by atoms with Crippen LogP contribution in [0.25, 0.3) is 0 Å². The maximum absolute atomic E-state index is 12.4. The van der Waals surface area contributed by atoms with Gasteiger partial charge in [0.05, 0.1) is 4.90 Å². The molecular weight excluding hydrogens is 272 g/mol. The average molecular weight is 289 g/mol. The molecule has 0 aliphatic carbocycles. The van der Waals surface area contributed by atoms with Gasteiger partial charge in [-0.3, -0.25) is 0 Å². The Balaban J connectivity index is 2.15. The molecule has 1 fully saturated rings. The average Bonchev–Trinajstić information content (AvgIpc) is 2.79. The molecule has 2 rings (SSSR count). The van der Waals surface area contributed by atoms with Crippen LogP contribution in [0, 0.1) is 5.92 Å². The minimum atomic E-state index is -3.36. The van der Waals surface area contributed by atoms with E-state index in [0.29, 0.717) is 28.9 Å². The molecule has 0 spiro atoms. The molecule has 0 aromatic heterocycles. The van der Waals surface area contributed by atoms with Gasteiger partial charge in [-0.1, -0.05) is 11.6 Å². The molecule has 0 bridgehead atoms. The zero-order valence-corrected chi connectivity index (χ0v) is 11.8. The molecule has 1 aromatic carbocycles. The highest BCUT2D eigenvalue weighted by Crippen LogP contribution is 2.24. The number of benzene rings is 1. The quantitative estimate of drug-likeness (QED) is 0.915. The summed E-state index contributed by atoms with van der Waals surface area (Å²) in [5.41, 5.74) is 0. The van der Waals surface area contributed by atoms with Crippen molar-refractivity contribution >= 4 is 21.6 Å². The standard InChI is InChI=1S/C12H17ClN2O2S/c1-14-8-10-6-7-15(9-10)18(16,17)12-4-2-11(13)3-5-12/h2-5,10,14H,6-9H2,1H3/t10-/m1/s1. The number of hydrogen-bond acceptors (Lipinski definition) is 3. The van der Waals surface area contributed by atoms with Crippen LogP contribution in [0.1, 0.15) is 6.42 Å². The summed E-state index contributed by atoms with van der Waals surface area (Å²) in [6.07, 6.45) is 0.910. The zero-order chi connectivity index (χ0) is 13.2. The highest BCUT2D eigenvalue weighted by Gasteiger charge is 2.31. The first-order chi connectivity index (χ1) is 8.54. The summed E-state index contributed by atoms with van der Waals surface area (Å²) in [6.45, 7) is 2.04. The first-order valence-corrected chi connectivity index (χ1v) is 7.76.